The average molecular weight is 459 g/mol. The van der Waals surface area contributed by atoms with Crippen LogP contribution in [0.3, 0.4) is 0 Å². The van der Waals surface area contributed by atoms with Gasteiger partial charge in [-0.25, -0.2) is 22.0 Å². The van der Waals surface area contributed by atoms with E-state index in [1.807, 2.05) is 12.3 Å². The summed E-state index contributed by atoms with van der Waals surface area (Å²) in [6.45, 7) is 1.41. The number of amides is 1. The largest absolute Gasteiger partial charge is 0.321 e. The Morgan fingerprint density at radius 2 is 1.94 bits per heavy atom. The molecule has 1 N–H and O–H groups in total. The number of carbonyl (C=O) groups is 1. The summed E-state index contributed by atoms with van der Waals surface area (Å²) in [7, 11) is 0. The maximum absolute atomic E-state index is 14.8. The lowest BCUT2D eigenvalue weighted by Gasteiger charge is -2.44. The standard InChI is InChI=1S/C21H22F5N3OS/c1-19(9-21(25,26)10-19)11-29-15(14(17(22)23)16(28-29)20(24)6-7-20)18(30)27-12-4-3-5-13(8-12)31-2/h3-5,8,17H,6-7,9-11H2,1-2H3,(H,27,30). The predicted molar refractivity (Wildman–Crippen MR) is 108 cm³/mol. The van der Waals surface area contributed by atoms with Crippen LogP contribution in [0.5, 0.6) is 0 Å². The van der Waals surface area contributed by atoms with E-state index in [-0.39, 0.29) is 19.4 Å². The molecule has 31 heavy (non-hydrogen) atoms. The van der Waals surface area contributed by atoms with Gasteiger partial charge in [-0.3, -0.25) is 9.48 Å². The van der Waals surface area contributed by atoms with Gasteiger partial charge in [-0.2, -0.15) is 5.10 Å². The number of nitrogens with zero attached hydrogens (tertiary/aromatic N) is 2. The number of alkyl halides is 5. The third kappa shape index (κ3) is 4.31. The monoisotopic (exact) mass is 459 g/mol. The van der Waals surface area contributed by atoms with Gasteiger partial charge in [0.05, 0.1) is 5.56 Å². The fourth-order valence-corrected chi connectivity index (χ4v) is 4.73. The van der Waals surface area contributed by atoms with Gasteiger partial charge in [-0.15, -0.1) is 11.8 Å². The summed E-state index contributed by atoms with van der Waals surface area (Å²) >= 11 is 1.44. The lowest BCUT2D eigenvalue weighted by atomic mass is 9.67. The summed E-state index contributed by atoms with van der Waals surface area (Å²) in [5.74, 6) is -3.71. The number of anilines is 1. The smallest absolute Gasteiger partial charge is 0.274 e. The Labute approximate surface area is 180 Å². The van der Waals surface area contributed by atoms with E-state index in [9.17, 15) is 26.7 Å². The fraction of sp³-hybridized carbons (Fsp3) is 0.524. The molecule has 4 rings (SSSR count). The molecule has 1 aromatic carbocycles. The van der Waals surface area contributed by atoms with Gasteiger partial charge < -0.3 is 5.32 Å². The summed E-state index contributed by atoms with van der Waals surface area (Å²) < 4.78 is 70.8. The quantitative estimate of drug-likeness (QED) is 0.397. The van der Waals surface area contributed by atoms with Crippen molar-refractivity contribution in [3.05, 3.63) is 41.2 Å². The van der Waals surface area contributed by atoms with Crippen LogP contribution in [0.25, 0.3) is 0 Å². The minimum absolute atomic E-state index is 0.0376. The van der Waals surface area contributed by atoms with Gasteiger partial charge >= 0.3 is 0 Å². The molecule has 10 heteroatoms. The number of hydrogen-bond acceptors (Lipinski definition) is 3. The van der Waals surface area contributed by atoms with Crippen molar-refractivity contribution < 1.29 is 26.7 Å². The zero-order valence-electron chi connectivity index (χ0n) is 17.0. The maximum Gasteiger partial charge on any atom is 0.274 e. The first-order chi connectivity index (χ1) is 14.5. The molecule has 0 aliphatic heterocycles. The van der Waals surface area contributed by atoms with Gasteiger partial charge in [-0.1, -0.05) is 13.0 Å². The number of carbonyl (C=O) groups excluding carboxylic acids is 1. The van der Waals surface area contributed by atoms with Crippen LogP contribution in [0, 0.1) is 5.41 Å². The van der Waals surface area contributed by atoms with Gasteiger partial charge in [0.1, 0.15) is 11.4 Å². The van der Waals surface area contributed by atoms with Crippen molar-refractivity contribution >= 4 is 23.4 Å². The molecule has 2 saturated carbocycles. The molecule has 0 spiro atoms. The maximum atomic E-state index is 14.8. The molecule has 2 aromatic rings. The van der Waals surface area contributed by atoms with Crippen LogP contribution in [-0.2, 0) is 12.2 Å². The molecule has 1 aromatic heterocycles. The summed E-state index contributed by atoms with van der Waals surface area (Å²) in [6.07, 6.45) is -2.10. The molecule has 4 nitrogen and oxygen atoms in total. The highest BCUT2D eigenvalue weighted by molar-refractivity contribution is 7.98. The number of hydrogen-bond donors (Lipinski definition) is 1. The molecular weight excluding hydrogens is 437 g/mol. The third-order valence-corrected chi connectivity index (χ3v) is 6.49. The highest BCUT2D eigenvalue weighted by Crippen LogP contribution is 2.54. The Morgan fingerprint density at radius 3 is 2.48 bits per heavy atom. The number of rotatable bonds is 7. The predicted octanol–water partition coefficient (Wildman–Crippen LogP) is 6.19. The lowest BCUT2D eigenvalue weighted by molar-refractivity contribution is -0.160. The van der Waals surface area contributed by atoms with E-state index in [4.69, 9.17) is 0 Å². The van der Waals surface area contributed by atoms with E-state index in [1.165, 1.54) is 11.8 Å². The Hall–Kier alpha value is -2.10. The Kier molecular flexibility index (Phi) is 5.34. The molecule has 168 valence electrons. The van der Waals surface area contributed by atoms with Gasteiger partial charge in [0.15, 0.2) is 5.67 Å². The first-order valence-electron chi connectivity index (χ1n) is 9.87. The van der Waals surface area contributed by atoms with E-state index in [1.54, 1.807) is 25.1 Å². The molecule has 2 fully saturated rings. The minimum Gasteiger partial charge on any atom is -0.321 e. The van der Waals surface area contributed by atoms with Crippen molar-refractivity contribution in [1.82, 2.24) is 9.78 Å². The molecule has 2 aliphatic carbocycles. The fourth-order valence-electron chi connectivity index (χ4n) is 4.28. The van der Waals surface area contributed by atoms with Crippen LogP contribution < -0.4 is 5.32 Å². The second-order valence-electron chi connectivity index (χ2n) is 8.74. The minimum atomic E-state index is -3.13. The average Bonchev–Trinajstić information content (AvgIpc) is 3.28. The highest BCUT2D eigenvalue weighted by Gasteiger charge is 2.55. The van der Waals surface area contributed by atoms with Crippen LogP contribution in [0.15, 0.2) is 29.2 Å². The Bertz CT molecular complexity index is 1010. The second kappa shape index (κ2) is 7.50. The van der Waals surface area contributed by atoms with Crippen molar-refractivity contribution in [1.29, 1.82) is 0 Å². The molecule has 0 unspecified atom stereocenters. The van der Waals surface area contributed by atoms with Crippen molar-refractivity contribution in [2.45, 2.75) is 62.1 Å². The van der Waals surface area contributed by atoms with Crippen LogP contribution in [0.4, 0.5) is 27.6 Å². The van der Waals surface area contributed by atoms with Gasteiger partial charge in [0.2, 0.25) is 5.92 Å². The van der Waals surface area contributed by atoms with Crippen LogP contribution in [0.2, 0.25) is 0 Å². The van der Waals surface area contributed by atoms with E-state index in [0.717, 1.165) is 9.58 Å². The zero-order chi connectivity index (χ0) is 22.6. The van der Waals surface area contributed by atoms with Crippen molar-refractivity contribution in [2.75, 3.05) is 11.6 Å². The van der Waals surface area contributed by atoms with Gasteiger partial charge in [-0.05, 0) is 42.7 Å². The van der Waals surface area contributed by atoms with E-state index in [2.05, 4.69) is 10.4 Å². The van der Waals surface area contributed by atoms with Crippen molar-refractivity contribution in [2.24, 2.45) is 5.41 Å². The summed E-state index contributed by atoms with van der Waals surface area (Å²) in [6, 6.07) is 6.81. The molecule has 1 amide bonds. The zero-order valence-corrected chi connectivity index (χ0v) is 17.8. The summed E-state index contributed by atoms with van der Waals surface area (Å²) in [5.41, 5.74) is -4.23. The van der Waals surface area contributed by atoms with E-state index in [0.29, 0.717) is 5.69 Å². The third-order valence-electron chi connectivity index (χ3n) is 5.77. The summed E-state index contributed by atoms with van der Waals surface area (Å²) in [5, 5.41) is 6.60. The summed E-state index contributed by atoms with van der Waals surface area (Å²) in [4.78, 5) is 13.9. The highest BCUT2D eigenvalue weighted by atomic mass is 32.2. The molecule has 0 bridgehead atoms. The first kappa shape index (κ1) is 22.1. The number of aromatic nitrogens is 2. The number of nitrogens with one attached hydrogen (secondary N) is 1. The molecular formula is C21H22F5N3OS. The lowest BCUT2D eigenvalue weighted by Crippen LogP contribution is -2.47. The van der Waals surface area contributed by atoms with Crippen LogP contribution >= 0.6 is 11.8 Å². The molecule has 0 saturated heterocycles. The normalized spacial score (nSPS) is 20.4. The van der Waals surface area contributed by atoms with Gasteiger partial charge in [0.25, 0.3) is 12.3 Å². The van der Waals surface area contributed by atoms with Crippen molar-refractivity contribution in [3.63, 3.8) is 0 Å². The molecule has 0 radical (unpaired) electrons. The van der Waals surface area contributed by atoms with Gasteiger partial charge in [0, 0.05) is 30.0 Å². The SMILES string of the molecule is CSc1cccc(NC(=O)c2c(C(F)F)c(C3(F)CC3)nn2CC2(C)CC(F)(F)C2)c1. The molecule has 2 aliphatic rings. The topological polar surface area (TPSA) is 46.9 Å². The number of benzene rings is 1. The Balaban J connectivity index is 1.73. The number of halogens is 5. The molecule has 0 atom stereocenters. The van der Waals surface area contributed by atoms with Crippen molar-refractivity contribution in [3.8, 4) is 0 Å². The van der Waals surface area contributed by atoms with Crippen LogP contribution in [-0.4, -0.2) is 27.9 Å². The number of thioether (sulfide) groups is 1. The van der Waals surface area contributed by atoms with E-state index >= 15 is 0 Å². The second-order valence-corrected chi connectivity index (χ2v) is 9.62. The van der Waals surface area contributed by atoms with Crippen LogP contribution in [0.1, 0.15) is 60.8 Å². The molecule has 1 heterocycles. The first-order valence-corrected chi connectivity index (χ1v) is 11.1. The Morgan fingerprint density at radius 1 is 1.26 bits per heavy atom. The van der Waals surface area contributed by atoms with E-state index < -0.39 is 59.1 Å².